The maximum atomic E-state index is 14.0. The van der Waals surface area contributed by atoms with E-state index in [4.69, 9.17) is 4.74 Å². The number of benzene rings is 1. The molecule has 2 saturated carbocycles. The topological polar surface area (TPSA) is 87.7 Å². The molecule has 3 amide bonds. The zero-order valence-corrected chi connectivity index (χ0v) is 20.9. The molecule has 2 N–H and O–H groups in total. The number of fused-ring (bicyclic) bond motifs is 1. The summed E-state index contributed by atoms with van der Waals surface area (Å²) in [5.74, 6) is -1.70. The largest absolute Gasteiger partial charge is 0.359 e. The Balaban J connectivity index is 1.30. The number of hydrogen-bond donors (Lipinski definition) is 2. The van der Waals surface area contributed by atoms with Crippen LogP contribution in [0.1, 0.15) is 69.8 Å². The molecule has 1 spiro atoms. The molecule has 1 aromatic carbocycles. The molecule has 192 valence electrons. The fraction of sp³-hybridized carbons (Fsp3) is 0.621. The van der Waals surface area contributed by atoms with Crippen LogP contribution in [-0.4, -0.2) is 52.5 Å². The van der Waals surface area contributed by atoms with Gasteiger partial charge in [0.2, 0.25) is 17.7 Å². The lowest BCUT2D eigenvalue weighted by atomic mass is 9.74. The van der Waals surface area contributed by atoms with Crippen LogP contribution >= 0.6 is 0 Å². The molecule has 7 nitrogen and oxygen atoms in total. The van der Waals surface area contributed by atoms with Gasteiger partial charge in [0, 0.05) is 18.6 Å². The molecule has 2 bridgehead atoms. The smallest absolute Gasteiger partial charge is 0.246 e. The second-order valence-electron chi connectivity index (χ2n) is 11.3. The van der Waals surface area contributed by atoms with Crippen molar-refractivity contribution >= 4 is 17.7 Å². The summed E-state index contributed by atoms with van der Waals surface area (Å²) in [7, 11) is 0. The molecule has 2 aliphatic carbocycles. The van der Waals surface area contributed by atoms with Crippen molar-refractivity contribution in [2.24, 2.45) is 11.8 Å². The van der Waals surface area contributed by atoms with Crippen molar-refractivity contribution in [2.45, 2.75) is 101 Å². The summed E-state index contributed by atoms with van der Waals surface area (Å²) in [5, 5.41) is 6.48. The average molecular weight is 492 g/mol. The minimum atomic E-state index is -1.09. The van der Waals surface area contributed by atoms with Gasteiger partial charge in [0.1, 0.15) is 11.6 Å². The van der Waals surface area contributed by atoms with Gasteiger partial charge < -0.3 is 20.3 Å². The van der Waals surface area contributed by atoms with E-state index in [-0.39, 0.29) is 29.8 Å². The molecule has 3 aliphatic heterocycles. The molecular formula is C29H37N3O4. The fourth-order valence-electron chi connectivity index (χ4n) is 7.29. The third-order valence-corrected chi connectivity index (χ3v) is 9.02. The van der Waals surface area contributed by atoms with E-state index in [0.717, 1.165) is 56.9 Å². The summed E-state index contributed by atoms with van der Waals surface area (Å²) in [5.41, 5.74) is -0.136. The van der Waals surface area contributed by atoms with E-state index in [1.807, 2.05) is 42.5 Å². The average Bonchev–Trinajstić information content (AvgIpc) is 3.53. The normalized spacial score (nSPS) is 34.1. The van der Waals surface area contributed by atoms with Gasteiger partial charge in [-0.1, -0.05) is 81.0 Å². The van der Waals surface area contributed by atoms with Crippen molar-refractivity contribution in [3.63, 3.8) is 0 Å². The minimum Gasteiger partial charge on any atom is -0.359 e. The van der Waals surface area contributed by atoms with Crippen molar-refractivity contribution in [2.75, 3.05) is 0 Å². The first kappa shape index (κ1) is 23.7. The molecule has 0 radical (unpaired) electrons. The van der Waals surface area contributed by atoms with Gasteiger partial charge in [0.05, 0.1) is 17.9 Å². The number of nitrogens with one attached hydrogen (secondary N) is 2. The molecule has 6 rings (SSSR count). The van der Waals surface area contributed by atoms with Crippen LogP contribution in [0.25, 0.3) is 0 Å². The second-order valence-corrected chi connectivity index (χ2v) is 11.3. The van der Waals surface area contributed by atoms with E-state index in [9.17, 15) is 14.4 Å². The predicted octanol–water partition coefficient (Wildman–Crippen LogP) is 3.24. The van der Waals surface area contributed by atoms with Crippen LogP contribution in [-0.2, 0) is 25.7 Å². The Hall–Kier alpha value is -2.67. The summed E-state index contributed by atoms with van der Waals surface area (Å²) in [6.45, 7) is 0.319. The molecule has 2 saturated heterocycles. The van der Waals surface area contributed by atoms with Gasteiger partial charge >= 0.3 is 0 Å². The van der Waals surface area contributed by atoms with Gasteiger partial charge in [0.25, 0.3) is 0 Å². The first-order chi connectivity index (χ1) is 17.6. The molecular weight excluding hydrogens is 454 g/mol. The van der Waals surface area contributed by atoms with Crippen molar-refractivity contribution < 1.29 is 19.1 Å². The Morgan fingerprint density at radius 1 is 0.889 bits per heavy atom. The van der Waals surface area contributed by atoms with E-state index in [0.29, 0.717) is 6.54 Å². The Bertz CT molecular complexity index is 1030. The number of carbonyl (C=O) groups excluding carboxylic acids is 3. The van der Waals surface area contributed by atoms with Gasteiger partial charge in [-0.3, -0.25) is 14.4 Å². The molecule has 5 atom stereocenters. The lowest BCUT2D eigenvalue weighted by Gasteiger charge is -2.34. The van der Waals surface area contributed by atoms with Gasteiger partial charge in [0.15, 0.2) is 0 Å². The predicted molar refractivity (Wildman–Crippen MR) is 135 cm³/mol. The van der Waals surface area contributed by atoms with Gasteiger partial charge in [-0.2, -0.15) is 0 Å². The van der Waals surface area contributed by atoms with E-state index in [2.05, 4.69) is 10.6 Å². The molecule has 0 unspecified atom stereocenters. The number of amides is 3. The maximum Gasteiger partial charge on any atom is 0.246 e. The summed E-state index contributed by atoms with van der Waals surface area (Å²) < 4.78 is 6.47. The quantitative estimate of drug-likeness (QED) is 0.598. The summed E-state index contributed by atoms with van der Waals surface area (Å²) in [6.07, 6.45) is 14.1. The number of hydrogen-bond acceptors (Lipinski definition) is 4. The number of likely N-dealkylation sites (tertiary alicyclic amines) is 1. The van der Waals surface area contributed by atoms with Crippen molar-refractivity contribution in [3.8, 4) is 0 Å². The lowest BCUT2D eigenvalue weighted by Crippen LogP contribution is -2.56. The molecule has 4 fully saturated rings. The van der Waals surface area contributed by atoms with Crippen molar-refractivity contribution in [3.05, 3.63) is 48.0 Å². The first-order valence-corrected chi connectivity index (χ1v) is 13.9. The van der Waals surface area contributed by atoms with E-state index >= 15 is 0 Å². The van der Waals surface area contributed by atoms with Crippen LogP contribution < -0.4 is 10.6 Å². The Labute approximate surface area is 213 Å². The second kappa shape index (κ2) is 9.66. The standard InChI is InChI=1S/C29H37N3O4/c33-26(30-20-12-6-2-7-13-20)23-22-16-17-29(36-22)24(23)28(35)32(18-19-10-4-1-5-11-19)25(29)27(34)31-21-14-8-3-9-15-21/h1,4-5,10-11,16-17,20-25H,2-3,6-9,12-15,18H2,(H,30,33)(H,31,34)/t22-,23-,24-,25+,29-/m1/s1. The highest BCUT2D eigenvalue weighted by atomic mass is 16.5. The molecule has 0 aromatic heterocycles. The number of rotatable bonds is 6. The van der Waals surface area contributed by atoms with Crippen LogP contribution in [0.15, 0.2) is 42.5 Å². The highest BCUT2D eigenvalue weighted by Gasteiger charge is 2.72. The van der Waals surface area contributed by atoms with Crippen molar-refractivity contribution in [1.82, 2.24) is 15.5 Å². The Morgan fingerprint density at radius 2 is 1.50 bits per heavy atom. The van der Waals surface area contributed by atoms with Crippen LogP contribution in [0.5, 0.6) is 0 Å². The number of nitrogens with zero attached hydrogens (tertiary/aromatic N) is 1. The number of carbonyl (C=O) groups is 3. The molecule has 7 heteroatoms. The van der Waals surface area contributed by atoms with E-state index in [1.165, 1.54) is 12.8 Å². The molecule has 3 heterocycles. The Morgan fingerprint density at radius 3 is 2.14 bits per heavy atom. The van der Waals surface area contributed by atoms with E-state index in [1.54, 1.807) is 4.90 Å². The van der Waals surface area contributed by atoms with Crippen LogP contribution in [0.2, 0.25) is 0 Å². The van der Waals surface area contributed by atoms with Crippen LogP contribution in [0.4, 0.5) is 0 Å². The van der Waals surface area contributed by atoms with Crippen LogP contribution in [0.3, 0.4) is 0 Å². The number of ether oxygens (including phenoxy) is 1. The van der Waals surface area contributed by atoms with Gasteiger partial charge in [-0.15, -0.1) is 0 Å². The van der Waals surface area contributed by atoms with Crippen LogP contribution in [0, 0.1) is 11.8 Å². The third-order valence-electron chi connectivity index (χ3n) is 9.02. The van der Waals surface area contributed by atoms with Gasteiger partial charge in [-0.25, -0.2) is 0 Å². The highest BCUT2D eigenvalue weighted by Crippen LogP contribution is 2.55. The van der Waals surface area contributed by atoms with Gasteiger partial charge in [-0.05, 0) is 31.2 Å². The van der Waals surface area contributed by atoms with Crippen molar-refractivity contribution in [1.29, 1.82) is 0 Å². The SMILES string of the molecule is O=C(NC1CCCCC1)[C@@H]1[C@H]2C=C[C@]3(O2)[C@H](C(=O)NC2CCCCC2)N(Cc2ccccc2)C(=O)[C@@H]13. The Kier molecular flexibility index (Phi) is 6.36. The fourth-order valence-corrected chi connectivity index (χ4v) is 7.29. The lowest BCUT2D eigenvalue weighted by molar-refractivity contribution is -0.142. The highest BCUT2D eigenvalue weighted by molar-refractivity contribution is 6.00. The minimum absolute atomic E-state index is 0.107. The monoisotopic (exact) mass is 491 g/mol. The summed E-state index contributed by atoms with van der Waals surface area (Å²) in [6, 6.07) is 9.26. The molecule has 5 aliphatic rings. The zero-order valence-electron chi connectivity index (χ0n) is 20.9. The molecule has 1 aromatic rings. The van der Waals surface area contributed by atoms with E-state index < -0.39 is 29.6 Å². The zero-order chi connectivity index (χ0) is 24.7. The maximum absolute atomic E-state index is 14.0. The first-order valence-electron chi connectivity index (χ1n) is 13.9. The third kappa shape index (κ3) is 4.05. The summed E-state index contributed by atoms with van der Waals surface area (Å²) in [4.78, 5) is 43.1. The molecule has 36 heavy (non-hydrogen) atoms. The summed E-state index contributed by atoms with van der Waals surface area (Å²) >= 11 is 0.